The van der Waals surface area contributed by atoms with E-state index in [2.05, 4.69) is 0 Å². The predicted molar refractivity (Wildman–Crippen MR) is 116 cm³/mol. The van der Waals surface area contributed by atoms with E-state index in [1.165, 1.54) is 24.3 Å². The second kappa shape index (κ2) is 9.09. The van der Waals surface area contributed by atoms with E-state index in [0.29, 0.717) is 23.9 Å². The van der Waals surface area contributed by atoms with Crippen molar-refractivity contribution in [3.05, 3.63) is 93.8 Å². The summed E-state index contributed by atoms with van der Waals surface area (Å²) in [5, 5.41) is 0.281. The molecular formula is C25H20F2O5. The highest BCUT2D eigenvalue weighted by molar-refractivity contribution is 5.79. The maximum absolute atomic E-state index is 13.8. The first kappa shape index (κ1) is 21.4. The Morgan fingerprint density at radius 3 is 2.34 bits per heavy atom. The molecule has 0 unspecified atom stereocenters. The number of ether oxygens (including phenoxy) is 3. The molecule has 0 aliphatic rings. The summed E-state index contributed by atoms with van der Waals surface area (Å²) in [5.74, 6) is 0.148. The lowest BCUT2D eigenvalue weighted by atomic mass is 10.2. The molecule has 0 atom stereocenters. The Hall–Kier alpha value is -3.87. The van der Waals surface area contributed by atoms with Crippen molar-refractivity contribution in [2.45, 2.75) is 20.5 Å². The number of aryl methyl sites for hydroxylation is 1. The molecule has 0 bridgehead atoms. The number of para-hydroxylation sites is 2. The van der Waals surface area contributed by atoms with Crippen LogP contribution < -0.4 is 19.6 Å². The van der Waals surface area contributed by atoms with Crippen molar-refractivity contribution in [2.24, 2.45) is 0 Å². The van der Waals surface area contributed by atoms with Crippen LogP contribution in [0.25, 0.3) is 11.0 Å². The van der Waals surface area contributed by atoms with Crippen LogP contribution in [0, 0.1) is 18.6 Å². The van der Waals surface area contributed by atoms with E-state index in [0.717, 1.165) is 12.1 Å². The molecule has 4 rings (SSSR count). The first-order valence-corrected chi connectivity index (χ1v) is 10.0. The summed E-state index contributed by atoms with van der Waals surface area (Å²) in [6.07, 6.45) is 0. The van der Waals surface area contributed by atoms with Gasteiger partial charge in [0.05, 0.1) is 17.6 Å². The molecule has 0 radical (unpaired) electrons. The first-order chi connectivity index (χ1) is 15.5. The van der Waals surface area contributed by atoms with Gasteiger partial charge in [-0.3, -0.25) is 4.79 Å². The van der Waals surface area contributed by atoms with Gasteiger partial charge in [-0.2, -0.15) is 0 Å². The summed E-state index contributed by atoms with van der Waals surface area (Å²) in [7, 11) is 0. The van der Waals surface area contributed by atoms with Crippen LogP contribution in [0.3, 0.4) is 0 Å². The molecule has 0 aliphatic heterocycles. The number of benzene rings is 3. The Morgan fingerprint density at radius 1 is 0.906 bits per heavy atom. The third-order valence-corrected chi connectivity index (χ3v) is 4.79. The normalized spacial score (nSPS) is 10.9. The summed E-state index contributed by atoms with van der Waals surface area (Å²) in [6, 6.07) is 15.2. The number of hydrogen-bond donors (Lipinski definition) is 0. The van der Waals surface area contributed by atoms with Crippen LogP contribution in [0.5, 0.6) is 23.0 Å². The van der Waals surface area contributed by atoms with Gasteiger partial charge in [-0.1, -0.05) is 18.2 Å². The lowest BCUT2D eigenvalue weighted by Crippen LogP contribution is -2.08. The first-order valence-electron chi connectivity index (χ1n) is 10.0. The fraction of sp³-hybridized carbons (Fsp3) is 0.160. The van der Waals surface area contributed by atoms with Crippen LogP contribution in [-0.4, -0.2) is 6.61 Å². The van der Waals surface area contributed by atoms with E-state index in [-0.39, 0.29) is 40.1 Å². The average Bonchev–Trinajstić information content (AvgIpc) is 2.77. The van der Waals surface area contributed by atoms with E-state index in [1.807, 2.05) is 13.0 Å². The highest BCUT2D eigenvalue weighted by Gasteiger charge is 2.17. The van der Waals surface area contributed by atoms with E-state index in [1.54, 1.807) is 25.1 Å². The van der Waals surface area contributed by atoms with Crippen molar-refractivity contribution >= 4 is 11.0 Å². The van der Waals surface area contributed by atoms with Crippen molar-refractivity contribution < 1.29 is 27.4 Å². The minimum atomic E-state index is -0.692. The van der Waals surface area contributed by atoms with Gasteiger partial charge in [-0.05, 0) is 50.2 Å². The molecule has 3 aromatic carbocycles. The maximum atomic E-state index is 13.8. The number of halogens is 2. The molecule has 0 spiro atoms. The molecule has 0 fully saturated rings. The van der Waals surface area contributed by atoms with Gasteiger partial charge in [0, 0.05) is 6.07 Å². The van der Waals surface area contributed by atoms with Gasteiger partial charge in [-0.15, -0.1) is 0 Å². The highest BCUT2D eigenvalue weighted by atomic mass is 19.1. The molecule has 0 amide bonds. The standard InChI is InChI=1S/C25H20F2O5/c1-3-29-21-9-4-5-10-22(21)32-25-15(2)31-23-13-16(11-12-17(23)24(25)28)30-14-18-19(26)7-6-8-20(18)27/h4-13H,3,14H2,1-2H3. The Balaban J connectivity index is 1.63. The third kappa shape index (κ3) is 4.27. The molecule has 4 aromatic rings. The van der Waals surface area contributed by atoms with Gasteiger partial charge < -0.3 is 18.6 Å². The zero-order valence-corrected chi connectivity index (χ0v) is 17.5. The van der Waals surface area contributed by atoms with Gasteiger partial charge in [0.1, 0.15) is 35.3 Å². The maximum Gasteiger partial charge on any atom is 0.235 e. The van der Waals surface area contributed by atoms with Crippen LogP contribution in [0.1, 0.15) is 18.2 Å². The SMILES string of the molecule is CCOc1ccccc1Oc1c(C)oc2cc(OCc3c(F)cccc3F)ccc2c1=O. The summed E-state index contributed by atoms with van der Waals surface area (Å²) in [6.45, 7) is 3.61. The number of hydrogen-bond acceptors (Lipinski definition) is 5. The molecule has 0 N–H and O–H groups in total. The van der Waals surface area contributed by atoms with Gasteiger partial charge in [-0.25, -0.2) is 8.78 Å². The van der Waals surface area contributed by atoms with Gasteiger partial charge in [0.15, 0.2) is 11.5 Å². The number of rotatable bonds is 7. The van der Waals surface area contributed by atoms with E-state index >= 15 is 0 Å². The van der Waals surface area contributed by atoms with E-state index < -0.39 is 11.6 Å². The van der Waals surface area contributed by atoms with Crippen molar-refractivity contribution in [1.82, 2.24) is 0 Å². The topological polar surface area (TPSA) is 57.9 Å². The van der Waals surface area contributed by atoms with Crippen LogP contribution in [-0.2, 0) is 6.61 Å². The average molecular weight is 438 g/mol. The summed E-state index contributed by atoms with van der Waals surface area (Å²) in [5.41, 5.74) is -0.270. The van der Waals surface area contributed by atoms with Crippen molar-refractivity contribution in [2.75, 3.05) is 6.61 Å². The largest absolute Gasteiger partial charge is 0.490 e. The van der Waals surface area contributed by atoms with Crippen LogP contribution in [0.15, 0.2) is 69.9 Å². The second-order valence-electron chi connectivity index (χ2n) is 6.95. The lowest BCUT2D eigenvalue weighted by molar-refractivity contribution is 0.292. The summed E-state index contributed by atoms with van der Waals surface area (Å²) >= 11 is 0. The second-order valence-corrected chi connectivity index (χ2v) is 6.95. The minimum absolute atomic E-state index is 0.0479. The molecule has 0 saturated carbocycles. The molecule has 1 heterocycles. The zero-order valence-electron chi connectivity index (χ0n) is 17.5. The lowest BCUT2D eigenvalue weighted by Gasteiger charge is -2.13. The van der Waals surface area contributed by atoms with Crippen LogP contribution >= 0.6 is 0 Å². The third-order valence-electron chi connectivity index (χ3n) is 4.79. The Bertz CT molecular complexity index is 1310. The smallest absolute Gasteiger partial charge is 0.235 e. The Kier molecular flexibility index (Phi) is 6.07. The quantitative estimate of drug-likeness (QED) is 0.346. The van der Waals surface area contributed by atoms with Gasteiger partial charge in [0.2, 0.25) is 11.2 Å². The van der Waals surface area contributed by atoms with Crippen molar-refractivity contribution in [3.8, 4) is 23.0 Å². The van der Waals surface area contributed by atoms with E-state index in [9.17, 15) is 13.6 Å². The molecule has 1 aromatic heterocycles. The fourth-order valence-corrected chi connectivity index (χ4v) is 3.22. The van der Waals surface area contributed by atoms with E-state index in [4.69, 9.17) is 18.6 Å². The van der Waals surface area contributed by atoms with Crippen LogP contribution in [0.2, 0.25) is 0 Å². The minimum Gasteiger partial charge on any atom is -0.490 e. The predicted octanol–water partition coefficient (Wildman–Crippen LogP) is 6.15. The number of fused-ring (bicyclic) bond motifs is 1. The molecular weight excluding hydrogens is 418 g/mol. The summed E-state index contributed by atoms with van der Waals surface area (Å²) in [4.78, 5) is 13.0. The molecule has 7 heteroatoms. The molecule has 5 nitrogen and oxygen atoms in total. The van der Waals surface area contributed by atoms with Crippen molar-refractivity contribution in [1.29, 1.82) is 0 Å². The highest BCUT2D eigenvalue weighted by Crippen LogP contribution is 2.33. The Morgan fingerprint density at radius 2 is 1.62 bits per heavy atom. The molecule has 164 valence electrons. The Labute approximate surface area is 182 Å². The van der Waals surface area contributed by atoms with Gasteiger partial charge >= 0.3 is 0 Å². The molecule has 0 saturated heterocycles. The monoisotopic (exact) mass is 438 g/mol. The summed E-state index contributed by atoms with van der Waals surface area (Å²) < 4.78 is 50.3. The molecule has 32 heavy (non-hydrogen) atoms. The zero-order chi connectivity index (χ0) is 22.7. The fourth-order valence-electron chi connectivity index (χ4n) is 3.22. The molecule has 0 aliphatic carbocycles. The van der Waals surface area contributed by atoms with Crippen molar-refractivity contribution in [3.63, 3.8) is 0 Å². The van der Waals surface area contributed by atoms with Crippen LogP contribution in [0.4, 0.5) is 8.78 Å². The van der Waals surface area contributed by atoms with Gasteiger partial charge in [0.25, 0.3) is 0 Å².